The summed E-state index contributed by atoms with van der Waals surface area (Å²) >= 11 is 0. The molecule has 140 valence electrons. The van der Waals surface area contributed by atoms with Crippen LogP contribution < -0.4 is 10.6 Å². The molecule has 0 aromatic heterocycles. The zero-order valence-corrected chi connectivity index (χ0v) is 15.3. The van der Waals surface area contributed by atoms with Gasteiger partial charge < -0.3 is 10.6 Å². The second-order valence-electron chi connectivity index (χ2n) is 6.25. The van der Waals surface area contributed by atoms with Gasteiger partial charge in [-0.2, -0.15) is 0 Å². The van der Waals surface area contributed by atoms with Crippen molar-refractivity contribution in [1.82, 2.24) is 5.32 Å². The Bertz CT molecular complexity index is 995. The van der Waals surface area contributed by atoms with Crippen LogP contribution in [0, 0.1) is 12.7 Å². The molecule has 5 heteroatoms. The molecule has 0 unspecified atom stereocenters. The summed E-state index contributed by atoms with van der Waals surface area (Å²) in [6.45, 7) is 1.93. The summed E-state index contributed by atoms with van der Waals surface area (Å²) in [5.41, 5.74) is 2.70. The van der Waals surface area contributed by atoms with Gasteiger partial charge in [-0.25, -0.2) is 4.39 Å². The van der Waals surface area contributed by atoms with E-state index in [1.165, 1.54) is 30.3 Å². The van der Waals surface area contributed by atoms with Gasteiger partial charge in [-0.3, -0.25) is 9.59 Å². The number of amides is 2. The van der Waals surface area contributed by atoms with Crippen LogP contribution in [0.4, 0.5) is 10.1 Å². The molecule has 0 atom stereocenters. The van der Waals surface area contributed by atoms with Crippen LogP contribution in [0.2, 0.25) is 0 Å². The number of carbonyl (C=O) groups is 2. The molecular weight excluding hydrogens is 355 g/mol. The molecule has 0 aliphatic rings. The monoisotopic (exact) mass is 374 g/mol. The van der Waals surface area contributed by atoms with Gasteiger partial charge in [0.15, 0.2) is 0 Å². The third-order valence-corrected chi connectivity index (χ3v) is 4.02. The van der Waals surface area contributed by atoms with Crippen molar-refractivity contribution < 1.29 is 14.0 Å². The van der Waals surface area contributed by atoms with Crippen molar-refractivity contribution in [2.45, 2.75) is 6.92 Å². The first-order chi connectivity index (χ1) is 13.5. The topological polar surface area (TPSA) is 58.2 Å². The molecule has 4 nitrogen and oxygen atoms in total. The number of anilines is 1. The summed E-state index contributed by atoms with van der Waals surface area (Å²) in [5.74, 6) is -1.26. The number of halogens is 1. The quantitative estimate of drug-likeness (QED) is 0.644. The van der Waals surface area contributed by atoms with E-state index >= 15 is 0 Å². The number of nitrogens with one attached hydrogen (secondary N) is 2. The molecule has 3 aromatic carbocycles. The van der Waals surface area contributed by atoms with Crippen LogP contribution in [0.3, 0.4) is 0 Å². The Morgan fingerprint density at radius 3 is 2.14 bits per heavy atom. The summed E-state index contributed by atoms with van der Waals surface area (Å²) in [7, 11) is 0. The standard InChI is InChI=1S/C23H19FN2O2/c1-16-7-11-18(12-8-16)22(27)26-21(15-17-9-13-19(24)14-10-17)23(28)25-20-5-3-2-4-6-20/h2-15H,1H3,(H,25,28)(H,26,27)/b21-15+. The average molecular weight is 374 g/mol. The minimum Gasteiger partial charge on any atom is -0.321 e. The Kier molecular flexibility index (Phi) is 5.97. The van der Waals surface area contributed by atoms with Crippen LogP contribution >= 0.6 is 0 Å². The molecule has 0 saturated heterocycles. The smallest absolute Gasteiger partial charge is 0.272 e. The van der Waals surface area contributed by atoms with E-state index in [9.17, 15) is 14.0 Å². The number of carbonyl (C=O) groups excluding carboxylic acids is 2. The summed E-state index contributed by atoms with van der Waals surface area (Å²) in [4.78, 5) is 25.3. The van der Waals surface area contributed by atoms with Crippen molar-refractivity contribution in [1.29, 1.82) is 0 Å². The summed E-state index contributed by atoms with van der Waals surface area (Å²) in [6, 6.07) is 21.6. The lowest BCUT2D eigenvalue weighted by molar-refractivity contribution is -0.113. The normalized spacial score (nSPS) is 11.0. The van der Waals surface area contributed by atoms with E-state index in [4.69, 9.17) is 0 Å². The van der Waals surface area contributed by atoms with Gasteiger partial charge in [0.1, 0.15) is 11.5 Å². The van der Waals surface area contributed by atoms with E-state index in [-0.39, 0.29) is 11.5 Å². The fraction of sp³-hybridized carbons (Fsp3) is 0.0435. The molecule has 0 heterocycles. The van der Waals surface area contributed by atoms with Gasteiger partial charge in [0.2, 0.25) is 0 Å². The molecule has 0 bridgehead atoms. The fourth-order valence-corrected chi connectivity index (χ4v) is 2.50. The van der Waals surface area contributed by atoms with Crippen LogP contribution in [0.15, 0.2) is 84.6 Å². The van der Waals surface area contributed by atoms with Crippen molar-refractivity contribution >= 4 is 23.6 Å². The van der Waals surface area contributed by atoms with E-state index < -0.39 is 11.8 Å². The fourth-order valence-electron chi connectivity index (χ4n) is 2.50. The van der Waals surface area contributed by atoms with Gasteiger partial charge in [-0.1, -0.05) is 48.0 Å². The predicted octanol–water partition coefficient (Wildman–Crippen LogP) is 4.54. The van der Waals surface area contributed by atoms with Gasteiger partial charge in [0.25, 0.3) is 11.8 Å². The Balaban J connectivity index is 1.87. The molecular formula is C23H19FN2O2. The molecule has 3 aromatic rings. The molecule has 28 heavy (non-hydrogen) atoms. The molecule has 2 N–H and O–H groups in total. The van der Waals surface area contributed by atoms with Gasteiger partial charge >= 0.3 is 0 Å². The van der Waals surface area contributed by atoms with Crippen LogP contribution in [0.5, 0.6) is 0 Å². The van der Waals surface area contributed by atoms with Crippen molar-refractivity contribution in [3.63, 3.8) is 0 Å². The molecule has 0 spiro atoms. The molecule has 0 aliphatic heterocycles. The Hall–Kier alpha value is -3.73. The first-order valence-electron chi connectivity index (χ1n) is 8.73. The zero-order valence-electron chi connectivity index (χ0n) is 15.3. The van der Waals surface area contributed by atoms with Crippen LogP contribution in [0.1, 0.15) is 21.5 Å². The first-order valence-corrected chi connectivity index (χ1v) is 8.73. The predicted molar refractivity (Wildman–Crippen MR) is 108 cm³/mol. The van der Waals surface area contributed by atoms with Crippen LogP contribution in [-0.2, 0) is 4.79 Å². The number of rotatable bonds is 5. The number of hydrogen-bond donors (Lipinski definition) is 2. The SMILES string of the molecule is Cc1ccc(C(=O)N/C(=C/c2ccc(F)cc2)C(=O)Nc2ccccc2)cc1. The Labute approximate surface area is 162 Å². The maximum Gasteiger partial charge on any atom is 0.272 e. The van der Waals surface area contributed by atoms with Crippen LogP contribution in [-0.4, -0.2) is 11.8 Å². The first kappa shape index (κ1) is 19.0. The molecule has 0 saturated carbocycles. The Morgan fingerprint density at radius 1 is 0.857 bits per heavy atom. The Morgan fingerprint density at radius 2 is 1.50 bits per heavy atom. The third-order valence-electron chi connectivity index (χ3n) is 4.02. The highest BCUT2D eigenvalue weighted by Crippen LogP contribution is 2.12. The third kappa shape index (κ3) is 5.14. The molecule has 0 aliphatic carbocycles. The second-order valence-corrected chi connectivity index (χ2v) is 6.25. The minimum absolute atomic E-state index is 0.0565. The second kappa shape index (κ2) is 8.77. The zero-order chi connectivity index (χ0) is 19.9. The average Bonchev–Trinajstić information content (AvgIpc) is 2.70. The molecule has 0 fully saturated rings. The van der Waals surface area contributed by atoms with E-state index in [0.717, 1.165) is 5.56 Å². The lowest BCUT2D eigenvalue weighted by atomic mass is 10.1. The maximum atomic E-state index is 13.2. The van der Waals surface area contributed by atoms with Crippen LogP contribution in [0.25, 0.3) is 6.08 Å². The molecule has 3 rings (SSSR count). The van der Waals surface area contributed by atoms with Crippen molar-refractivity contribution in [3.8, 4) is 0 Å². The lowest BCUT2D eigenvalue weighted by Gasteiger charge is -2.11. The van der Waals surface area contributed by atoms with E-state index in [0.29, 0.717) is 16.8 Å². The van der Waals surface area contributed by atoms with Gasteiger partial charge in [-0.05, 0) is 55.0 Å². The van der Waals surface area contributed by atoms with Crippen molar-refractivity contribution in [2.24, 2.45) is 0 Å². The van der Waals surface area contributed by atoms with Crippen molar-refractivity contribution in [2.75, 3.05) is 5.32 Å². The summed E-state index contributed by atoms with van der Waals surface area (Å²) in [5, 5.41) is 5.40. The summed E-state index contributed by atoms with van der Waals surface area (Å²) in [6.07, 6.45) is 1.50. The lowest BCUT2D eigenvalue weighted by Crippen LogP contribution is -2.30. The number of aryl methyl sites for hydroxylation is 1. The highest BCUT2D eigenvalue weighted by atomic mass is 19.1. The summed E-state index contributed by atoms with van der Waals surface area (Å²) < 4.78 is 13.2. The van der Waals surface area contributed by atoms with E-state index in [2.05, 4.69) is 10.6 Å². The van der Waals surface area contributed by atoms with Gasteiger partial charge in [0.05, 0.1) is 0 Å². The highest BCUT2D eigenvalue weighted by molar-refractivity contribution is 6.10. The van der Waals surface area contributed by atoms with E-state index in [1.54, 1.807) is 36.4 Å². The van der Waals surface area contributed by atoms with Gasteiger partial charge in [0, 0.05) is 11.3 Å². The number of hydrogen-bond acceptors (Lipinski definition) is 2. The largest absolute Gasteiger partial charge is 0.321 e. The minimum atomic E-state index is -0.476. The number of benzene rings is 3. The van der Waals surface area contributed by atoms with Crippen molar-refractivity contribution in [3.05, 3.63) is 107 Å². The van der Waals surface area contributed by atoms with Gasteiger partial charge in [-0.15, -0.1) is 0 Å². The van der Waals surface area contributed by atoms with E-state index in [1.807, 2.05) is 25.1 Å². The molecule has 0 radical (unpaired) electrons. The highest BCUT2D eigenvalue weighted by Gasteiger charge is 2.15. The maximum absolute atomic E-state index is 13.2. The number of para-hydroxylation sites is 1. The molecule has 2 amide bonds.